The van der Waals surface area contributed by atoms with Crippen LogP contribution in [-0.4, -0.2) is 30.3 Å². The third kappa shape index (κ3) is 7.26. The van der Waals surface area contributed by atoms with Gasteiger partial charge in [-0.3, -0.25) is 18.6 Å². The van der Waals surface area contributed by atoms with Gasteiger partial charge in [0.25, 0.3) is 0 Å². The highest BCUT2D eigenvalue weighted by Gasteiger charge is 2.61. The molecule has 0 N–H and O–H groups in total. The van der Waals surface area contributed by atoms with E-state index in [0.29, 0.717) is 35.8 Å². The van der Waals surface area contributed by atoms with Crippen LogP contribution in [-0.2, 0) is 39.5 Å². The summed E-state index contributed by atoms with van der Waals surface area (Å²) in [6.45, 7) is 3.58. The van der Waals surface area contributed by atoms with Gasteiger partial charge < -0.3 is 13.6 Å². The van der Waals surface area contributed by atoms with E-state index in [1.54, 1.807) is 62.4 Å². The number of imide groups is 1. The van der Waals surface area contributed by atoms with E-state index in [0.717, 1.165) is 29.8 Å². The van der Waals surface area contributed by atoms with E-state index >= 15 is 0 Å². The predicted octanol–water partition coefficient (Wildman–Crippen LogP) is 8.93. The quantitative estimate of drug-likeness (QED) is 0.126. The summed E-state index contributed by atoms with van der Waals surface area (Å²) in [6, 6.07) is 27.1. The van der Waals surface area contributed by atoms with Crippen molar-refractivity contribution < 1.29 is 36.8 Å². The van der Waals surface area contributed by atoms with Gasteiger partial charge in [0.05, 0.1) is 36.0 Å². The third-order valence-corrected chi connectivity index (χ3v) is 14.9. The van der Waals surface area contributed by atoms with Gasteiger partial charge in [0.1, 0.15) is 17.3 Å². The lowest BCUT2D eigenvalue weighted by Crippen LogP contribution is -2.42. The standard InChI is InChI=1S/C34H37NO8P2S2/c1-3-39-44(38,40-4-2)43-31-28-23-15-14-22-27(28)29-30(34(37)35(33(29)36)24-16-8-5-9-17-24)32(31)47-45(46,41-25-18-10-6-11-19-25)42-26-20-12-7-13-21-26/h5-13,16-21,27,29-30,32H,3-4,14-15,22-23H2,1-2H3/t27-,29-,30-,32-/m0/s1. The van der Waals surface area contributed by atoms with Crippen LogP contribution in [0.15, 0.2) is 102 Å². The molecule has 2 fully saturated rings. The average molecular weight is 714 g/mol. The summed E-state index contributed by atoms with van der Waals surface area (Å²) >= 11 is 7.40. The third-order valence-electron chi connectivity index (χ3n) is 8.35. The minimum atomic E-state index is -4.12. The second-order valence-corrected chi connectivity index (χ2v) is 19.1. The number of nitrogens with zero attached hydrogens (tertiary/aromatic N) is 1. The second-order valence-electron chi connectivity index (χ2n) is 11.3. The number of phosphoric ester groups is 1. The van der Waals surface area contributed by atoms with E-state index in [9.17, 15) is 14.2 Å². The number of hydrogen-bond donors (Lipinski definition) is 0. The Bertz CT molecular complexity index is 1650. The Morgan fingerprint density at radius 1 is 0.766 bits per heavy atom. The van der Waals surface area contributed by atoms with Gasteiger partial charge in [0.2, 0.25) is 11.8 Å². The maximum Gasteiger partial charge on any atom is 0.529 e. The Morgan fingerprint density at radius 2 is 1.30 bits per heavy atom. The Kier molecular flexibility index (Phi) is 10.6. The zero-order valence-electron chi connectivity index (χ0n) is 26.1. The van der Waals surface area contributed by atoms with Crippen molar-refractivity contribution in [3.63, 3.8) is 0 Å². The zero-order valence-corrected chi connectivity index (χ0v) is 29.6. The predicted molar refractivity (Wildman–Crippen MR) is 187 cm³/mol. The number of para-hydroxylation sites is 3. The van der Waals surface area contributed by atoms with Crippen LogP contribution in [0.4, 0.5) is 5.69 Å². The summed E-state index contributed by atoms with van der Waals surface area (Å²) in [5, 5.41) is -0.887. The number of carbonyl (C=O) groups is 2. The lowest BCUT2D eigenvalue weighted by Gasteiger charge is -2.42. The molecule has 1 saturated carbocycles. The van der Waals surface area contributed by atoms with Crippen molar-refractivity contribution in [1.29, 1.82) is 0 Å². The van der Waals surface area contributed by atoms with Gasteiger partial charge >= 0.3 is 13.5 Å². The van der Waals surface area contributed by atoms with Gasteiger partial charge in [0.15, 0.2) is 0 Å². The molecule has 4 atom stereocenters. The zero-order chi connectivity index (χ0) is 33.0. The summed E-state index contributed by atoms with van der Waals surface area (Å²) in [7, 11) is -4.12. The first kappa shape index (κ1) is 34.0. The van der Waals surface area contributed by atoms with Crippen LogP contribution in [0, 0.1) is 17.8 Å². The number of allylic oxidation sites excluding steroid dienone is 1. The van der Waals surface area contributed by atoms with Gasteiger partial charge in [-0.05, 0) is 104 Å². The molecule has 0 aromatic heterocycles. The first-order valence-electron chi connectivity index (χ1n) is 15.8. The van der Waals surface area contributed by atoms with E-state index in [2.05, 4.69) is 0 Å². The van der Waals surface area contributed by atoms with Crippen molar-refractivity contribution >= 4 is 54.2 Å². The van der Waals surface area contributed by atoms with Gasteiger partial charge in [0, 0.05) is 0 Å². The molecule has 1 saturated heterocycles. The Labute approximate surface area is 284 Å². The molecule has 2 amide bonds. The van der Waals surface area contributed by atoms with Crippen LogP contribution < -0.4 is 13.9 Å². The van der Waals surface area contributed by atoms with Crippen molar-refractivity contribution in [2.45, 2.75) is 44.8 Å². The van der Waals surface area contributed by atoms with Crippen LogP contribution in [0.1, 0.15) is 39.5 Å². The Balaban J connectivity index is 1.50. The van der Waals surface area contributed by atoms with E-state index in [1.165, 1.54) is 4.90 Å². The fourth-order valence-electron chi connectivity index (χ4n) is 6.55. The molecule has 2 aliphatic carbocycles. The van der Waals surface area contributed by atoms with Gasteiger partial charge in [-0.15, -0.1) is 0 Å². The molecule has 0 radical (unpaired) electrons. The van der Waals surface area contributed by atoms with E-state index < -0.39 is 30.6 Å². The van der Waals surface area contributed by atoms with Crippen LogP contribution >= 0.6 is 24.9 Å². The Hall–Kier alpha value is -2.91. The number of anilines is 1. The number of benzene rings is 3. The molecule has 6 rings (SSSR count). The van der Waals surface area contributed by atoms with E-state index in [1.807, 2.05) is 42.5 Å². The smallest absolute Gasteiger partial charge is 0.428 e. The number of hydrogen-bond acceptors (Lipinski definition) is 10. The van der Waals surface area contributed by atoms with Crippen LogP contribution in [0.25, 0.3) is 0 Å². The molecule has 13 heteroatoms. The fraction of sp³-hybridized carbons (Fsp3) is 0.353. The van der Waals surface area contributed by atoms with Crippen molar-refractivity contribution in [3.8, 4) is 11.5 Å². The van der Waals surface area contributed by atoms with Gasteiger partial charge in [-0.25, -0.2) is 9.46 Å². The monoisotopic (exact) mass is 713 g/mol. The molecule has 0 spiro atoms. The highest BCUT2D eigenvalue weighted by Crippen LogP contribution is 2.68. The van der Waals surface area contributed by atoms with E-state index in [-0.39, 0.29) is 30.9 Å². The lowest BCUT2D eigenvalue weighted by atomic mass is 9.66. The van der Waals surface area contributed by atoms with Crippen LogP contribution in [0.5, 0.6) is 11.5 Å². The molecule has 248 valence electrons. The number of fused-ring (bicyclic) bond motifs is 3. The topological polar surface area (TPSA) is 101 Å². The first-order valence-corrected chi connectivity index (χ1v) is 21.4. The molecule has 0 bridgehead atoms. The van der Waals surface area contributed by atoms with Crippen molar-refractivity contribution in [2.24, 2.45) is 17.8 Å². The SMILES string of the molecule is CCOP(=O)(OCC)OC1=C2CCCC[C@@H]2[C@@H]2C(=O)N(c3ccccc3)C(=O)[C@@H]2[C@@H]1SP(=S)(Oc1ccccc1)Oc1ccccc1. The molecular formula is C34H37NO8P2S2. The minimum absolute atomic E-state index is 0.0819. The maximum absolute atomic E-state index is 14.6. The number of rotatable bonds is 13. The summed E-state index contributed by atoms with van der Waals surface area (Å²) < 4.78 is 44.6. The second kappa shape index (κ2) is 14.7. The molecule has 47 heavy (non-hydrogen) atoms. The molecule has 0 unspecified atom stereocenters. The highest BCUT2D eigenvalue weighted by molar-refractivity contribution is 8.68. The Morgan fingerprint density at radius 3 is 1.85 bits per heavy atom. The normalized spacial score (nSPS) is 22.9. The van der Waals surface area contributed by atoms with E-state index in [4.69, 9.17) is 34.4 Å². The lowest BCUT2D eigenvalue weighted by molar-refractivity contribution is -0.122. The van der Waals surface area contributed by atoms with Crippen LogP contribution in [0.2, 0.25) is 0 Å². The summed E-state index contributed by atoms with van der Waals surface area (Å²) in [5.41, 5.74) is -2.08. The van der Waals surface area contributed by atoms with Crippen LogP contribution in [0.3, 0.4) is 0 Å². The molecule has 9 nitrogen and oxygen atoms in total. The van der Waals surface area contributed by atoms with Gasteiger partial charge in [-0.2, -0.15) is 0 Å². The molecule has 1 aliphatic heterocycles. The van der Waals surface area contributed by atoms with Gasteiger partial charge in [-0.1, -0.05) is 61.0 Å². The number of amides is 2. The molecule has 3 aliphatic rings. The minimum Gasteiger partial charge on any atom is -0.428 e. The van der Waals surface area contributed by atoms with Crippen molar-refractivity contribution in [2.75, 3.05) is 18.1 Å². The molecular weight excluding hydrogens is 676 g/mol. The van der Waals surface area contributed by atoms with Crippen molar-refractivity contribution in [3.05, 3.63) is 102 Å². The molecule has 3 aromatic carbocycles. The number of carbonyl (C=O) groups excluding carboxylic acids is 2. The first-order chi connectivity index (χ1) is 22.8. The maximum atomic E-state index is 14.6. The number of phosphoric acid groups is 1. The summed E-state index contributed by atoms with van der Waals surface area (Å²) in [5.74, 6) is -1.20. The largest absolute Gasteiger partial charge is 0.529 e. The average Bonchev–Trinajstić information content (AvgIpc) is 3.33. The highest BCUT2D eigenvalue weighted by atomic mass is 32.9. The molecule has 3 aromatic rings. The summed E-state index contributed by atoms with van der Waals surface area (Å²) in [6.07, 6.45) is 3.02. The molecule has 1 heterocycles. The fourth-order valence-corrected chi connectivity index (χ4v) is 13.4. The van der Waals surface area contributed by atoms with Crippen molar-refractivity contribution in [1.82, 2.24) is 0 Å². The summed E-state index contributed by atoms with van der Waals surface area (Å²) in [4.78, 5) is 30.2.